The van der Waals surface area contributed by atoms with Crippen LogP contribution in [0.1, 0.15) is 13.8 Å². The summed E-state index contributed by atoms with van der Waals surface area (Å²) in [6.07, 6.45) is 9.39. The van der Waals surface area contributed by atoms with Crippen LogP contribution in [0.15, 0.2) is 84.9 Å². The van der Waals surface area contributed by atoms with Crippen LogP contribution < -0.4 is 0 Å². The zero-order valence-corrected chi connectivity index (χ0v) is 20.5. The van der Waals surface area contributed by atoms with E-state index in [1.54, 1.807) is 0 Å². The van der Waals surface area contributed by atoms with Gasteiger partial charge in [-0.15, -0.1) is 12.8 Å². The molecule has 2 heterocycles. The lowest BCUT2D eigenvalue weighted by molar-refractivity contribution is 0.827. The topological polar surface area (TPSA) is 9.86 Å². The molecule has 0 aliphatic rings. The number of terminal acetylenes is 2. The van der Waals surface area contributed by atoms with Gasteiger partial charge in [0.2, 0.25) is 0 Å². The molecule has 0 aliphatic carbocycles. The summed E-state index contributed by atoms with van der Waals surface area (Å²) in [5, 5.41) is 5.33. The van der Waals surface area contributed by atoms with E-state index < -0.39 is 0 Å². The molecule has 4 aromatic carbocycles. The van der Waals surface area contributed by atoms with Gasteiger partial charge in [0.25, 0.3) is 0 Å². The van der Waals surface area contributed by atoms with Gasteiger partial charge in [0.05, 0.1) is 0 Å². The van der Waals surface area contributed by atoms with E-state index in [0.29, 0.717) is 0 Å². The van der Waals surface area contributed by atoms with Crippen LogP contribution in [0.25, 0.3) is 54.7 Å². The van der Waals surface area contributed by atoms with Gasteiger partial charge >= 0.3 is 0 Å². The third kappa shape index (κ3) is 3.79. The molecule has 36 heavy (non-hydrogen) atoms. The average Bonchev–Trinajstić information content (AvgIpc) is 3.43. The van der Waals surface area contributed by atoms with E-state index in [-0.39, 0.29) is 0 Å². The maximum atomic E-state index is 4.70. The van der Waals surface area contributed by atoms with Crippen LogP contribution in [0.2, 0.25) is 0 Å². The molecule has 0 unspecified atom stereocenters. The number of rotatable bonds is 3. The summed E-state index contributed by atoms with van der Waals surface area (Å²) in [7, 11) is 0. The number of aryl methyl sites for hydroxylation is 2. The van der Waals surface area contributed by atoms with Crippen molar-refractivity contribution < 1.29 is 0 Å². The summed E-state index contributed by atoms with van der Waals surface area (Å²) in [5.74, 6) is 8.61. The number of hydrogen-bond donors (Lipinski definition) is 0. The lowest BCUT2D eigenvalue weighted by Crippen LogP contribution is -1.93. The minimum absolute atomic E-state index is 0.978. The van der Waals surface area contributed by atoms with Crippen LogP contribution in [0, 0.1) is 36.5 Å². The highest BCUT2D eigenvalue weighted by Crippen LogP contribution is 2.35. The summed E-state index contributed by atoms with van der Waals surface area (Å²) in [6, 6.07) is 31.3. The van der Waals surface area contributed by atoms with Crippen LogP contribution in [0.3, 0.4) is 0 Å². The van der Waals surface area contributed by atoms with E-state index in [2.05, 4.69) is 132 Å². The highest BCUT2D eigenvalue weighted by molar-refractivity contribution is 6.11. The first-order valence-electron chi connectivity index (χ1n) is 12.1. The van der Waals surface area contributed by atoms with Crippen LogP contribution in [0.4, 0.5) is 0 Å². The lowest BCUT2D eigenvalue weighted by Gasteiger charge is -2.06. The average molecular weight is 463 g/mol. The van der Waals surface area contributed by atoms with Crippen molar-refractivity contribution in [1.29, 1.82) is 0 Å². The Morgan fingerprint density at radius 3 is 1.31 bits per heavy atom. The van der Waals surface area contributed by atoms with Crippen molar-refractivity contribution in [2.45, 2.75) is 26.9 Å². The Morgan fingerprint density at radius 2 is 0.917 bits per heavy atom. The molecular weight excluding hydrogens is 436 g/mol. The minimum atomic E-state index is 0.978. The quantitative estimate of drug-likeness (QED) is 0.237. The summed E-state index contributed by atoms with van der Waals surface area (Å²) >= 11 is 0. The summed E-state index contributed by atoms with van der Waals surface area (Å²) in [5.41, 5.74) is 7.80. The molecule has 0 bridgehead atoms. The number of para-hydroxylation sites is 2. The zero-order chi connectivity index (χ0) is 25.1. The van der Waals surface area contributed by atoms with E-state index in [1.165, 1.54) is 54.7 Å². The highest BCUT2D eigenvalue weighted by atomic mass is 15.0. The molecule has 0 aliphatic heterocycles. The molecule has 0 spiro atoms. The Balaban J connectivity index is 0.000000400. The molecule has 2 nitrogen and oxygen atoms in total. The third-order valence-electron chi connectivity index (χ3n) is 6.72. The number of hydrogen-bond acceptors (Lipinski definition) is 0. The number of fused-ring (bicyclic) bond motifs is 6. The Bertz CT molecular complexity index is 1750. The summed E-state index contributed by atoms with van der Waals surface area (Å²) in [6.45, 7) is 6.39. The first kappa shape index (κ1) is 22.9. The van der Waals surface area contributed by atoms with E-state index in [1.807, 2.05) is 0 Å². The van der Waals surface area contributed by atoms with Crippen LogP contribution in [0.5, 0.6) is 0 Å². The number of nitrogens with zero attached hydrogens (tertiary/aromatic N) is 2. The van der Waals surface area contributed by atoms with Gasteiger partial charge in [0.15, 0.2) is 0 Å². The van der Waals surface area contributed by atoms with Crippen molar-refractivity contribution >= 4 is 43.6 Å². The molecule has 0 fully saturated rings. The predicted octanol–water partition coefficient (Wildman–Crippen LogP) is 7.87. The summed E-state index contributed by atoms with van der Waals surface area (Å²) < 4.78 is 4.82. The molecule has 0 saturated heterocycles. The molecule has 2 heteroatoms. The van der Waals surface area contributed by atoms with Crippen molar-refractivity contribution in [2.75, 3.05) is 0 Å². The largest absolute Gasteiger partial charge is 0.341 e. The SMILES string of the molecule is C#CC#CC#C.CCn1c2ccccc2c2cc(-c3ccc4c(c3)c3ccccc3n4CC)ccc21. The molecule has 0 radical (unpaired) electrons. The smallest absolute Gasteiger partial charge is 0.0491 e. The lowest BCUT2D eigenvalue weighted by atomic mass is 10.0. The fourth-order valence-electron chi connectivity index (χ4n) is 5.22. The fraction of sp³-hybridized carbons (Fsp3) is 0.118. The minimum Gasteiger partial charge on any atom is -0.341 e. The molecule has 172 valence electrons. The fourth-order valence-corrected chi connectivity index (χ4v) is 5.22. The van der Waals surface area contributed by atoms with Crippen molar-refractivity contribution in [3.8, 4) is 47.7 Å². The van der Waals surface area contributed by atoms with Crippen LogP contribution in [-0.2, 0) is 13.1 Å². The second-order valence-corrected chi connectivity index (χ2v) is 8.53. The highest BCUT2D eigenvalue weighted by Gasteiger charge is 2.13. The molecule has 0 amide bonds. The predicted molar refractivity (Wildman–Crippen MR) is 155 cm³/mol. The maximum absolute atomic E-state index is 4.70. The Morgan fingerprint density at radius 1 is 0.528 bits per heavy atom. The first-order valence-corrected chi connectivity index (χ1v) is 12.1. The Hall–Kier alpha value is -4.84. The van der Waals surface area contributed by atoms with Crippen molar-refractivity contribution in [1.82, 2.24) is 9.13 Å². The Kier molecular flexibility index (Phi) is 6.24. The summed E-state index contributed by atoms with van der Waals surface area (Å²) in [4.78, 5) is 0. The van der Waals surface area contributed by atoms with Crippen LogP contribution in [-0.4, -0.2) is 9.13 Å². The van der Waals surface area contributed by atoms with Gasteiger partial charge in [0.1, 0.15) is 0 Å². The Labute approximate surface area is 212 Å². The molecule has 2 aromatic heterocycles. The molecule has 0 saturated carbocycles. The van der Waals surface area contributed by atoms with Crippen molar-refractivity contribution in [2.24, 2.45) is 0 Å². The first-order chi connectivity index (χ1) is 17.7. The zero-order valence-electron chi connectivity index (χ0n) is 20.5. The normalized spacial score (nSPS) is 10.4. The van der Waals surface area contributed by atoms with Crippen molar-refractivity contribution in [3.05, 3.63) is 84.9 Å². The van der Waals surface area contributed by atoms with Gasteiger partial charge in [-0.2, -0.15) is 0 Å². The van der Waals surface area contributed by atoms with E-state index in [9.17, 15) is 0 Å². The molecular formula is C34H26N2. The maximum Gasteiger partial charge on any atom is 0.0491 e. The number of benzene rings is 4. The second kappa shape index (κ2) is 9.80. The van der Waals surface area contributed by atoms with Crippen LogP contribution >= 0.6 is 0 Å². The molecule has 6 rings (SSSR count). The monoisotopic (exact) mass is 462 g/mol. The molecule has 0 atom stereocenters. The van der Waals surface area contributed by atoms with Gasteiger partial charge in [-0.25, -0.2) is 0 Å². The van der Waals surface area contributed by atoms with Gasteiger partial charge in [0, 0.05) is 56.7 Å². The van der Waals surface area contributed by atoms with Crippen molar-refractivity contribution in [3.63, 3.8) is 0 Å². The van der Waals surface area contributed by atoms with Gasteiger partial charge in [-0.05, 0) is 85.1 Å². The van der Waals surface area contributed by atoms with E-state index in [0.717, 1.165) is 13.1 Å². The standard InChI is InChI=1S/C28H24N2.C6H2/c1-3-29-25-11-7-5-9-21(25)23-17-19(13-15-27(23)29)20-14-16-28-24(18-20)22-10-6-8-12-26(22)30(28)4-2;1-3-5-6-4-2/h5-18H,3-4H2,1-2H3;1-2H. The molecule has 0 N–H and O–H groups in total. The van der Waals surface area contributed by atoms with E-state index >= 15 is 0 Å². The van der Waals surface area contributed by atoms with Gasteiger partial charge < -0.3 is 9.13 Å². The third-order valence-corrected chi connectivity index (χ3v) is 6.72. The van der Waals surface area contributed by atoms with Gasteiger partial charge in [-0.3, -0.25) is 0 Å². The van der Waals surface area contributed by atoms with E-state index in [4.69, 9.17) is 12.8 Å². The van der Waals surface area contributed by atoms with Gasteiger partial charge in [-0.1, -0.05) is 48.5 Å². The second-order valence-electron chi connectivity index (χ2n) is 8.53. The molecule has 6 aromatic rings. The number of aromatic nitrogens is 2.